The van der Waals surface area contributed by atoms with E-state index in [9.17, 15) is 5.11 Å². The van der Waals surface area contributed by atoms with Crippen LogP contribution in [0, 0.1) is 11.8 Å². The Morgan fingerprint density at radius 1 is 1.50 bits per heavy atom. The van der Waals surface area contributed by atoms with E-state index < -0.39 is 5.60 Å². The van der Waals surface area contributed by atoms with Gasteiger partial charge in [-0.3, -0.25) is 0 Å². The molecule has 0 saturated carbocycles. The van der Waals surface area contributed by atoms with E-state index in [1.54, 1.807) is 19.9 Å². The van der Waals surface area contributed by atoms with Crippen molar-refractivity contribution in [1.29, 1.82) is 0 Å². The molecule has 0 aliphatic rings. The summed E-state index contributed by atoms with van der Waals surface area (Å²) in [6, 6.07) is 5.50. The van der Waals surface area contributed by atoms with Gasteiger partial charge in [-0.2, -0.15) is 0 Å². The van der Waals surface area contributed by atoms with E-state index in [1.165, 1.54) is 0 Å². The Balaban J connectivity index is 2.91. The largest absolute Gasteiger partial charge is 0.385 e. The van der Waals surface area contributed by atoms with Crippen LogP contribution < -0.4 is 0 Å². The quantitative estimate of drug-likeness (QED) is 0.833. The molecule has 0 fully saturated rings. The minimum Gasteiger partial charge on any atom is -0.385 e. The molecule has 3 heteroatoms. The summed E-state index contributed by atoms with van der Waals surface area (Å²) >= 11 is 9.44. The topological polar surface area (TPSA) is 20.2 Å². The van der Waals surface area contributed by atoms with Crippen LogP contribution in [-0.2, 0) is 5.60 Å². The van der Waals surface area contributed by atoms with Gasteiger partial charge in [-0.25, -0.2) is 0 Å². The van der Waals surface area contributed by atoms with Crippen molar-refractivity contribution in [2.24, 2.45) is 0 Å². The molecule has 0 spiro atoms. The highest BCUT2D eigenvalue weighted by Crippen LogP contribution is 2.33. The lowest BCUT2D eigenvalue weighted by Crippen LogP contribution is -2.21. The Hall–Kier alpha value is -0.490. The zero-order valence-corrected chi connectivity index (χ0v) is 11.7. The molecule has 1 rings (SSSR count). The van der Waals surface area contributed by atoms with E-state index in [1.807, 2.05) is 12.1 Å². The van der Waals surface area contributed by atoms with E-state index in [0.29, 0.717) is 17.9 Å². The van der Waals surface area contributed by atoms with Crippen LogP contribution in [0.15, 0.2) is 22.7 Å². The molecule has 0 radical (unpaired) electrons. The second-order valence-electron chi connectivity index (χ2n) is 3.82. The zero-order valence-electron chi connectivity index (χ0n) is 9.35. The summed E-state index contributed by atoms with van der Waals surface area (Å²) < 4.78 is 0.908. The molecule has 0 amide bonds. The van der Waals surface area contributed by atoms with Gasteiger partial charge >= 0.3 is 0 Å². The second kappa shape index (κ2) is 5.72. The molecule has 1 atom stereocenters. The standard InChI is InChI=1S/C13H14BrClO/c1-3-4-5-8-13(2,16)11-7-6-10(14)9-12(11)15/h6-7,9,16H,5,8H2,1-2H3. The van der Waals surface area contributed by atoms with Crippen molar-refractivity contribution < 1.29 is 5.11 Å². The number of rotatable bonds is 3. The molecule has 16 heavy (non-hydrogen) atoms. The van der Waals surface area contributed by atoms with Crippen molar-refractivity contribution in [3.63, 3.8) is 0 Å². The monoisotopic (exact) mass is 300 g/mol. The van der Waals surface area contributed by atoms with E-state index in [2.05, 4.69) is 27.8 Å². The number of aliphatic hydroxyl groups is 1. The van der Waals surface area contributed by atoms with Crippen LogP contribution in [0.5, 0.6) is 0 Å². The molecule has 86 valence electrons. The van der Waals surface area contributed by atoms with Crippen molar-refractivity contribution in [1.82, 2.24) is 0 Å². The highest BCUT2D eigenvalue weighted by Gasteiger charge is 2.24. The third-order valence-corrected chi connectivity index (χ3v) is 3.23. The first-order valence-electron chi connectivity index (χ1n) is 5.05. The average molecular weight is 302 g/mol. The van der Waals surface area contributed by atoms with Crippen molar-refractivity contribution in [3.8, 4) is 11.8 Å². The number of hydrogen-bond acceptors (Lipinski definition) is 1. The van der Waals surface area contributed by atoms with Crippen molar-refractivity contribution in [2.75, 3.05) is 0 Å². The normalized spacial score (nSPS) is 13.8. The highest BCUT2D eigenvalue weighted by atomic mass is 79.9. The van der Waals surface area contributed by atoms with E-state index in [4.69, 9.17) is 11.6 Å². The molecule has 1 aromatic carbocycles. The fourth-order valence-corrected chi connectivity index (χ4v) is 2.37. The van der Waals surface area contributed by atoms with Gasteiger partial charge in [0.1, 0.15) is 0 Å². The summed E-state index contributed by atoms with van der Waals surface area (Å²) in [6.45, 7) is 3.56. The summed E-state index contributed by atoms with van der Waals surface area (Å²) in [4.78, 5) is 0. The van der Waals surface area contributed by atoms with Gasteiger partial charge in [0.05, 0.1) is 5.60 Å². The maximum atomic E-state index is 10.3. The predicted octanol–water partition coefficient (Wildman–Crippen LogP) is 4.11. The minimum absolute atomic E-state index is 0.573. The maximum absolute atomic E-state index is 10.3. The smallest absolute Gasteiger partial charge is 0.0892 e. The maximum Gasteiger partial charge on any atom is 0.0892 e. The molecular formula is C13H14BrClO. The van der Waals surface area contributed by atoms with E-state index >= 15 is 0 Å². The minimum atomic E-state index is -0.929. The Morgan fingerprint density at radius 2 is 2.19 bits per heavy atom. The number of halogens is 2. The van der Waals surface area contributed by atoms with Crippen molar-refractivity contribution >= 4 is 27.5 Å². The summed E-state index contributed by atoms with van der Waals surface area (Å²) in [5.74, 6) is 5.76. The summed E-state index contributed by atoms with van der Waals surface area (Å²) in [7, 11) is 0. The third kappa shape index (κ3) is 3.52. The SMILES string of the molecule is CC#CCCC(C)(O)c1ccc(Br)cc1Cl. The molecule has 0 heterocycles. The first-order valence-corrected chi connectivity index (χ1v) is 6.22. The molecule has 0 saturated heterocycles. The molecule has 1 aromatic rings. The predicted molar refractivity (Wildman–Crippen MR) is 71.4 cm³/mol. The molecule has 0 bridgehead atoms. The molecule has 1 nitrogen and oxygen atoms in total. The molecular weight excluding hydrogens is 287 g/mol. The van der Waals surface area contributed by atoms with Crippen molar-refractivity contribution in [3.05, 3.63) is 33.3 Å². The first kappa shape index (κ1) is 13.6. The summed E-state index contributed by atoms with van der Waals surface area (Å²) in [5, 5.41) is 10.9. The van der Waals surface area contributed by atoms with Gasteiger partial charge in [0, 0.05) is 21.5 Å². The lowest BCUT2D eigenvalue weighted by molar-refractivity contribution is 0.0495. The van der Waals surface area contributed by atoms with Gasteiger partial charge in [-0.15, -0.1) is 11.8 Å². The second-order valence-corrected chi connectivity index (χ2v) is 5.15. The number of hydrogen-bond donors (Lipinski definition) is 1. The summed E-state index contributed by atoms with van der Waals surface area (Å²) in [6.07, 6.45) is 1.24. The van der Waals surface area contributed by atoms with Crippen LogP contribution in [0.1, 0.15) is 32.3 Å². The van der Waals surface area contributed by atoms with Crippen LogP contribution in [0.25, 0.3) is 0 Å². The van der Waals surface area contributed by atoms with Gasteiger partial charge in [0.15, 0.2) is 0 Å². The van der Waals surface area contributed by atoms with Gasteiger partial charge in [-0.05, 0) is 32.4 Å². The van der Waals surface area contributed by atoms with Crippen LogP contribution in [0.3, 0.4) is 0 Å². The Labute approximate surface area is 110 Å². The fourth-order valence-electron chi connectivity index (χ4n) is 1.49. The van der Waals surface area contributed by atoms with Crippen LogP contribution in [0.4, 0.5) is 0 Å². The van der Waals surface area contributed by atoms with Crippen LogP contribution in [-0.4, -0.2) is 5.11 Å². The van der Waals surface area contributed by atoms with Crippen LogP contribution >= 0.6 is 27.5 Å². The van der Waals surface area contributed by atoms with Gasteiger partial charge in [0.2, 0.25) is 0 Å². The first-order chi connectivity index (χ1) is 7.47. The van der Waals surface area contributed by atoms with Crippen LogP contribution in [0.2, 0.25) is 5.02 Å². The molecule has 1 N–H and O–H groups in total. The molecule has 0 aliphatic carbocycles. The lowest BCUT2D eigenvalue weighted by atomic mass is 9.91. The zero-order chi connectivity index (χ0) is 12.2. The van der Waals surface area contributed by atoms with E-state index in [-0.39, 0.29) is 0 Å². The summed E-state index contributed by atoms with van der Waals surface area (Å²) in [5.41, 5.74) is -0.183. The van der Waals surface area contributed by atoms with Gasteiger partial charge in [0.25, 0.3) is 0 Å². The molecule has 0 aromatic heterocycles. The van der Waals surface area contributed by atoms with E-state index in [0.717, 1.165) is 10.0 Å². The van der Waals surface area contributed by atoms with Crippen molar-refractivity contribution in [2.45, 2.75) is 32.3 Å². The lowest BCUT2D eigenvalue weighted by Gasteiger charge is -2.24. The highest BCUT2D eigenvalue weighted by molar-refractivity contribution is 9.10. The Kier molecular flexibility index (Phi) is 4.86. The molecule has 1 unspecified atom stereocenters. The number of benzene rings is 1. The third-order valence-electron chi connectivity index (χ3n) is 2.42. The Morgan fingerprint density at radius 3 is 2.75 bits per heavy atom. The Bertz CT molecular complexity index is 429. The average Bonchev–Trinajstić information content (AvgIpc) is 2.17. The molecule has 0 aliphatic heterocycles. The fraction of sp³-hybridized carbons (Fsp3) is 0.385. The van der Waals surface area contributed by atoms with Gasteiger partial charge in [-0.1, -0.05) is 33.6 Å². The van der Waals surface area contributed by atoms with Gasteiger partial charge < -0.3 is 5.11 Å².